The van der Waals surface area contributed by atoms with E-state index in [0.29, 0.717) is 0 Å². The van der Waals surface area contributed by atoms with E-state index in [4.69, 9.17) is 5.11 Å². The molecule has 1 amide bonds. The van der Waals surface area contributed by atoms with Crippen LogP contribution in [0.15, 0.2) is 0 Å². The molecule has 1 rings (SSSR count). The van der Waals surface area contributed by atoms with Crippen molar-refractivity contribution in [3.63, 3.8) is 0 Å². The molecule has 0 aromatic carbocycles. The number of nitrogens with zero attached hydrogens (tertiary/aromatic N) is 1. The lowest BCUT2D eigenvalue weighted by Crippen LogP contribution is -2.54. The van der Waals surface area contributed by atoms with Gasteiger partial charge in [-0.3, -0.25) is 10.1 Å². The molecule has 2 N–H and O–H groups in total. The van der Waals surface area contributed by atoms with Crippen LogP contribution in [0.5, 0.6) is 0 Å². The minimum atomic E-state index is -2.91. The van der Waals surface area contributed by atoms with E-state index in [1.807, 2.05) is 0 Å². The number of alkyl halides is 2. The van der Waals surface area contributed by atoms with Crippen LogP contribution in [0.3, 0.4) is 0 Å². The third-order valence-electron chi connectivity index (χ3n) is 2.49. The standard InChI is InChI=1S/C9H14F2N2O3/c1-12-6(8(15)16)7(14)13-4-2-3-9(10,11)5-13/h6,12H,2-5H2,1H3,(H,15,16). The first-order valence-electron chi connectivity index (χ1n) is 4.94. The van der Waals surface area contributed by atoms with E-state index in [9.17, 15) is 18.4 Å². The van der Waals surface area contributed by atoms with Gasteiger partial charge in [0.15, 0.2) is 6.04 Å². The number of piperidine rings is 1. The number of hydrogen-bond donors (Lipinski definition) is 2. The number of likely N-dealkylation sites (tertiary alicyclic amines) is 1. The maximum atomic E-state index is 13.0. The lowest BCUT2D eigenvalue weighted by Gasteiger charge is -2.33. The summed E-state index contributed by atoms with van der Waals surface area (Å²) in [5, 5.41) is 11.0. The van der Waals surface area contributed by atoms with Gasteiger partial charge in [-0.1, -0.05) is 0 Å². The fraction of sp³-hybridized carbons (Fsp3) is 0.778. The number of carboxylic acid groups (broad SMARTS) is 1. The maximum Gasteiger partial charge on any atom is 0.330 e. The van der Waals surface area contributed by atoms with Gasteiger partial charge in [-0.25, -0.2) is 13.6 Å². The van der Waals surface area contributed by atoms with Gasteiger partial charge in [0.2, 0.25) is 0 Å². The molecule has 92 valence electrons. The molecule has 0 saturated carbocycles. The monoisotopic (exact) mass is 236 g/mol. The molecule has 1 aliphatic heterocycles. The molecule has 0 bridgehead atoms. The predicted molar refractivity (Wildman–Crippen MR) is 51.2 cm³/mol. The fourth-order valence-electron chi connectivity index (χ4n) is 1.69. The van der Waals surface area contributed by atoms with Crippen molar-refractivity contribution in [1.82, 2.24) is 10.2 Å². The molecule has 5 nitrogen and oxygen atoms in total. The summed E-state index contributed by atoms with van der Waals surface area (Å²) in [5.74, 6) is -5.08. The SMILES string of the molecule is CNC(C(=O)O)C(=O)N1CCCC(F)(F)C1. The van der Waals surface area contributed by atoms with Crippen molar-refractivity contribution in [3.8, 4) is 0 Å². The summed E-state index contributed by atoms with van der Waals surface area (Å²) in [7, 11) is 1.30. The van der Waals surface area contributed by atoms with E-state index < -0.39 is 30.4 Å². The number of carbonyl (C=O) groups excluding carboxylic acids is 1. The number of halogens is 2. The average Bonchev–Trinajstić information content (AvgIpc) is 2.16. The van der Waals surface area contributed by atoms with Gasteiger partial charge in [-0.15, -0.1) is 0 Å². The minimum absolute atomic E-state index is 0.180. The van der Waals surface area contributed by atoms with Crippen LogP contribution < -0.4 is 5.32 Å². The lowest BCUT2D eigenvalue weighted by atomic mass is 10.1. The molecule has 1 unspecified atom stereocenters. The zero-order chi connectivity index (χ0) is 12.3. The van der Waals surface area contributed by atoms with Crippen LogP contribution in [-0.4, -0.2) is 54.0 Å². The topological polar surface area (TPSA) is 69.6 Å². The highest BCUT2D eigenvalue weighted by atomic mass is 19.3. The number of carboxylic acids is 1. The molecule has 0 aromatic heterocycles. The molecule has 7 heteroatoms. The second-order valence-electron chi connectivity index (χ2n) is 3.78. The summed E-state index contributed by atoms with van der Waals surface area (Å²) in [6.45, 7) is -0.517. The Kier molecular flexibility index (Phi) is 3.79. The van der Waals surface area contributed by atoms with E-state index >= 15 is 0 Å². The van der Waals surface area contributed by atoms with Gasteiger partial charge in [-0.2, -0.15) is 0 Å². The van der Waals surface area contributed by atoms with E-state index in [1.54, 1.807) is 0 Å². The van der Waals surface area contributed by atoms with Crippen LogP contribution in [0.4, 0.5) is 8.78 Å². The molecule has 1 atom stereocenters. The Morgan fingerprint density at radius 3 is 2.56 bits per heavy atom. The number of amides is 1. The van der Waals surface area contributed by atoms with Crippen molar-refractivity contribution < 1.29 is 23.5 Å². The number of hydrogen-bond acceptors (Lipinski definition) is 3. The van der Waals surface area contributed by atoms with Gasteiger partial charge < -0.3 is 10.0 Å². The molecule has 1 aliphatic rings. The minimum Gasteiger partial charge on any atom is -0.480 e. The van der Waals surface area contributed by atoms with Gasteiger partial charge in [0.25, 0.3) is 11.8 Å². The molecule has 0 aliphatic carbocycles. The Morgan fingerprint density at radius 1 is 1.50 bits per heavy atom. The van der Waals surface area contributed by atoms with Gasteiger partial charge in [0.05, 0.1) is 6.54 Å². The summed E-state index contributed by atoms with van der Waals surface area (Å²) in [6.07, 6.45) is -0.0666. The fourth-order valence-corrected chi connectivity index (χ4v) is 1.69. The Morgan fingerprint density at radius 2 is 2.12 bits per heavy atom. The molecule has 1 heterocycles. The summed E-state index contributed by atoms with van der Waals surface area (Å²) >= 11 is 0. The summed E-state index contributed by atoms with van der Waals surface area (Å²) < 4.78 is 26.0. The average molecular weight is 236 g/mol. The first-order valence-corrected chi connectivity index (χ1v) is 4.94. The van der Waals surface area contributed by atoms with Crippen LogP contribution in [0.2, 0.25) is 0 Å². The highest BCUT2D eigenvalue weighted by Gasteiger charge is 2.40. The highest BCUT2D eigenvalue weighted by molar-refractivity contribution is 6.01. The van der Waals surface area contributed by atoms with Gasteiger partial charge in [0.1, 0.15) is 0 Å². The predicted octanol–water partition coefficient (Wildman–Crippen LogP) is -0.0833. The van der Waals surface area contributed by atoms with Crippen molar-refractivity contribution in [2.45, 2.75) is 24.8 Å². The third kappa shape index (κ3) is 2.88. The first-order chi connectivity index (χ1) is 7.37. The van der Waals surface area contributed by atoms with Crippen LogP contribution in [0.1, 0.15) is 12.8 Å². The van der Waals surface area contributed by atoms with Crippen LogP contribution in [0, 0.1) is 0 Å². The molecular formula is C9H14F2N2O3. The van der Waals surface area contributed by atoms with Gasteiger partial charge >= 0.3 is 5.97 Å². The van der Waals surface area contributed by atoms with E-state index in [-0.39, 0.29) is 19.4 Å². The highest BCUT2D eigenvalue weighted by Crippen LogP contribution is 2.26. The van der Waals surface area contributed by atoms with E-state index in [2.05, 4.69) is 5.32 Å². The van der Waals surface area contributed by atoms with Gasteiger partial charge in [0, 0.05) is 13.0 Å². The Balaban J connectivity index is 2.69. The van der Waals surface area contributed by atoms with Crippen molar-refractivity contribution in [2.75, 3.05) is 20.1 Å². The zero-order valence-electron chi connectivity index (χ0n) is 8.87. The smallest absolute Gasteiger partial charge is 0.330 e. The maximum absolute atomic E-state index is 13.0. The Hall–Kier alpha value is -1.24. The number of rotatable bonds is 3. The zero-order valence-corrected chi connectivity index (χ0v) is 8.87. The van der Waals surface area contributed by atoms with Crippen molar-refractivity contribution in [2.24, 2.45) is 0 Å². The molecule has 16 heavy (non-hydrogen) atoms. The van der Waals surface area contributed by atoms with E-state index in [1.165, 1.54) is 7.05 Å². The number of aliphatic carboxylic acids is 1. The van der Waals surface area contributed by atoms with Crippen LogP contribution in [0.25, 0.3) is 0 Å². The number of likely N-dealkylation sites (N-methyl/N-ethyl adjacent to an activating group) is 1. The number of nitrogens with one attached hydrogen (secondary N) is 1. The molecule has 1 saturated heterocycles. The van der Waals surface area contributed by atoms with E-state index in [0.717, 1.165) is 4.90 Å². The van der Waals surface area contributed by atoms with Crippen LogP contribution in [-0.2, 0) is 9.59 Å². The quantitative estimate of drug-likeness (QED) is 0.672. The number of carbonyl (C=O) groups is 2. The van der Waals surface area contributed by atoms with Crippen LogP contribution >= 0.6 is 0 Å². The summed E-state index contributed by atoms with van der Waals surface area (Å²) in [6, 6.07) is -1.45. The van der Waals surface area contributed by atoms with Crippen molar-refractivity contribution in [3.05, 3.63) is 0 Å². The molecule has 1 fully saturated rings. The Bertz CT molecular complexity index is 296. The normalized spacial score (nSPS) is 21.6. The second kappa shape index (κ2) is 4.73. The molecule has 0 radical (unpaired) electrons. The third-order valence-corrected chi connectivity index (χ3v) is 2.49. The molecular weight excluding hydrogens is 222 g/mol. The van der Waals surface area contributed by atoms with Crippen molar-refractivity contribution >= 4 is 11.9 Å². The summed E-state index contributed by atoms with van der Waals surface area (Å²) in [5.41, 5.74) is 0. The molecule has 0 spiro atoms. The Labute approximate surface area is 91.4 Å². The first kappa shape index (κ1) is 12.8. The van der Waals surface area contributed by atoms with Crippen molar-refractivity contribution in [1.29, 1.82) is 0 Å². The molecule has 0 aromatic rings. The lowest BCUT2D eigenvalue weighted by molar-refractivity contribution is -0.153. The van der Waals surface area contributed by atoms with Gasteiger partial charge in [-0.05, 0) is 13.5 Å². The largest absolute Gasteiger partial charge is 0.480 e. The summed E-state index contributed by atoms with van der Waals surface area (Å²) in [4.78, 5) is 23.2. The second-order valence-corrected chi connectivity index (χ2v) is 3.78.